The van der Waals surface area contributed by atoms with E-state index in [2.05, 4.69) is 40.7 Å². The van der Waals surface area contributed by atoms with Crippen LogP contribution in [0.2, 0.25) is 0 Å². The molecule has 1 aromatic heterocycles. The number of imidazole rings is 1. The number of benzene rings is 2. The first-order chi connectivity index (χ1) is 16.1. The summed E-state index contributed by atoms with van der Waals surface area (Å²) in [5.41, 5.74) is 2.93. The highest BCUT2D eigenvalue weighted by atomic mass is 19.1. The van der Waals surface area contributed by atoms with E-state index in [1.54, 1.807) is 24.3 Å². The molecular formula is C26H31FN4O3. The molecule has 0 aliphatic heterocycles. The van der Waals surface area contributed by atoms with E-state index in [9.17, 15) is 14.0 Å². The minimum Gasteiger partial charge on any atom is -0.468 e. The molecule has 34 heavy (non-hydrogen) atoms. The van der Waals surface area contributed by atoms with Gasteiger partial charge in [-0.05, 0) is 73.1 Å². The molecule has 2 N–H and O–H groups in total. The molecule has 1 unspecified atom stereocenters. The van der Waals surface area contributed by atoms with Gasteiger partial charge in [0, 0.05) is 17.3 Å². The second-order valence-electron chi connectivity index (χ2n) is 9.97. The number of ether oxygens (including phenoxy) is 1. The standard InChI is InChI=1S/C26H31FN4O3/c1-16-11-20(14-26(2,3)13-16)31-22-10-5-17(24(33)28-15-23(32)34-4)12-21(22)30-25(31)29-19-8-6-18(27)7-9-19/h5-10,12,16,20H,11,13-15H2,1-4H3,(H,28,33)(H,29,30)/t16-,20?/m0/s1. The maximum absolute atomic E-state index is 13.4. The van der Waals surface area contributed by atoms with Crippen molar-refractivity contribution < 1.29 is 18.7 Å². The fraction of sp³-hybridized carbons (Fsp3) is 0.423. The predicted octanol–water partition coefficient (Wildman–Crippen LogP) is 5.21. The number of carbonyl (C=O) groups excluding carboxylic acids is 2. The Bertz CT molecular complexity index is 1200. The molecule has 0 spiro atoms. The van der Waals surface area contributed by atoms with Crippen molar-refractivity contribution in [2.75, 3.05) is 19.0 Å². The van der Waals surface area contributed by atoms with Crippen molar-refractivity contribution in [3.8, 4) is 0 Å². The Kier molecular flexibility index (Phi) is 6.59. The molecular weight excluding hydrogens is 435 g/mol. The number of hydrogen-bond donors (Lipinski definition) is 2. The van der Waals surface area contributed by atoms with E-state index in [4.69, 9.17) is 4.98 Å². The summed E-state index contributed by atoms with van der Waals surface area (Å²) in [5.74, 6) is 0.0298. The lowest BCUT2D eigenvalue weighted by Crippen LogP contribution is -2.30. The maximum Gasteiger partial charge on any atom is 0.325 e. The summed E-state index contributed by atoms with van der Waals surface area (Å²) in [4.78, 5) is 28.7. The van der Waals surface area contributed by atoms with Crippen molar-refractivity contribution in [3.05, 3.63) is 53.8 Å². The lowest BCUT2D eigenvalue weighted by atomic mass is 9.70. The lowest BCUT2D eigenvalue weighted by molar-refractivity contribution is -0.139. The van der Waals surface area contributed by atoms with Gasteiger partial charge in [-0.3, -0.25) is 9.59 Å². The van der Waals surface area contributed by atoms with Gasteiger partial charge >= 0.3 is 5.97 Å². The van der Waals surface area contributed by atoms with Gasteiger partial charge in [-0.15, -0.1) is 0 Å². The summed E-state index contributed by atoms with van der Waals surface area (Å²) in [7, 11) is 1.27. The fourth-order valence-electron chi connectivity index (χ4n) is 5.18. The number of fused-ring (bicyclic) bond motifs is 1. The van der Waals surface area contributed by atoms with E-state index in [0.717, 1.165) is 24.0 Å². The number of aromatic nitrogens is 2. The van der Waals surface area contributed by atoms with Crippen molar-refractivity contribution in [1.29, 1.82) is 0 Å². The van der Waals surface area contributed by atoms with Crippen LogP contribution in [0, 0.1) is 17.2 Å². The predicted molar refractivity (Wildman–Crippen MR) is 130 cm³/mol. The van der Waals surface area contributed by atoms with Crippen LogP contribution in [0.5, 0.6) is 0 Å². The fourth-order valence-corrected chi connectivity index (χ4v) is 5.18. The Balaban J connectivity index is 1.73. The Labute approximate surface area is 198 Å². The molecule has 1 saturated carbocycles. The van der Waals surface area contributed by atoms with Crippen LogP contribution in [0.15, 0.2) is 42.5 Å². The van der Waals surface area contributed by atoms with Crippen molar-refractivity contribution in [2.45, 2.75) is 46.1 Å². The Morgan fingerprint density at radius 3 is 2.59 bits per heavy atom. The third kappa shape index (κ3) is 5.21. The monoisotopic (exact) mass is 466 g/mol. The minimum atomic E-state index is -0.515. The maximum atomic E-state index is 13.4. The van der Waals surface area contributed by atoms with Gasteiger partial charge in [0.2, 0.25) is 5.95 Å². The highest BCUT2D eigenvalue weighted by molar-refractivity contribution is 5.99. The van der Waals surface area contributed by atoms with Crippen molar-refractivity contribution in [2.24, 2.45) is 11.3 Å². The molecule has 180 valence electrons. The molecule has 1 heterocycles. The summed E-state index contributed by atoms with van der Waals surface area (Å²) in [6.07, 6.45) is 3.19. The van der Waals surface area contributed by atoms with Crippen molar-refractivity contribution in [3.63, 3.8) is 0 Å². The van der Waals surface area contributed by atoms with Crippen LogP contribution < -0.4 is 10.6 Å². The zero-order valence-corrected chi connectivity index (χ0v) is 20.0. The lowest BCUT2D eigenvalue weighted by Gasteiger charge is -2.40. The van der Waals surface area contributed by atoms with Crippen LogP contribution in [-0.2, 0) is 9.53 Å². The summed E-state index contributed by atoms with van der Waals surface area (Å²) in [6, 6.07) is 11.8. The molecule has 7 nitrogen and oxygen atoms in total. The molecule has 8 heteroatoms. The van der Waals surface area contributed by atoms with E-state index in [0.29, 0.717) is 22.9 Å². The van der Waals surface area contributed by atoms with Crippen molar-refractivity contribution in [1.82, 2.24) is 14.9 Å². The summed E-state index contributed by atoms with van der Waals surface area (Å²) in [6.45, 7) is 6.68. The zero-order chi connectivity index (χ0) is 24.5. The first-order valence-electron chi connectivity index (χ1n) is 11.5. The summed E-state index contributed by atoms with van der Waals surface area (Å²) < 4.78 is 20.2. The molecule has 0 bridgehead atoms. The minimum absolute atomic E-state index is 0.194. The van der Waals surface area contributed by atoms with Gasteiger partial charge in [-0.2, -0.15) is 0 Å². The second kappa shape index (κ2) is 9.44. The Hall–Kier alpha value is -3.42. The average molecular weight is 467 g/mol. The van der Waals surface area contributed by atoms with Gasteiger partial charge in [-0.25, -0.2) is 9.37 Å². The summed E-state index contributed by atoms with van der Waals surface area (Å²) in [5, 5.41) is 5.91. The molecule has 1 aliphatic carbocycles. The van der Waals surface area contributed by atoms with Gasteiger partial charge in [0.05, 0.1) is 18.1 Å². The van der Waals surface area contributed by atoms with E-state index < -0.39 is 5.97 Å². The third-order valence-corrected chi connectivity index (χ3v) is 6.40. The molecule has 4 rings (SSSR count). The first-order valence-corrected chi connectivity index (χ1v) is 11.5. The largest absolute Gasteiger partial charge is 0.468 e. The van der Waals surface area contributed by atoms with Crippen LogP contribution in [0.3, 0.4) is 0 Å². The number of nitrogens with one attached hydrogen (secondary N) is 2. The van der Waals surface area contributed by atoms with Gasteiger partial charge in [0.25, 0.3) is 5.91 Å². The molecule has 1 fully saturated rings. The number of esters is 1. The van der Waals surface area contributed by atoms with Gasteiger partial charge in [-0.1, -0.05) is 20.8 Å². The number of carbonyl (C=O) groups is 2. The van der Waals surface area contributed by atoms with E-state index in [1.165, 1.54) is 25.7 Å². The number of hydrogen-bond acceptors (Lipinski definition) is 5. The Morgan fingerprint density at radius 2 is 1.91 bits per heavy atom. The van der Waals surface area contributed by atoms with Crippen LogP contribution in [0.4, 0.5) is 16.0 Å². The van der Waals surface area contributed by atoms with Crippen molar-refractivity contribution >= 4 is 34.5 Å². The van der Waals surface area contributed by atoms with Crippen LogP contribution in [0.25, 0.3) is 11.0 Å². The topological polar surface area (TPSA) is 85.2 Å². The van der Waals surface area contributed by atoms with Crippen LogP contribution in [-0.4, -0.2) is 35.1 Å². The van der Waals surface area contributed by atoms with E-state index in [-0.39, 0.29) is 29.7 Å². The van der Waals surface area contributed by atoms with Crippen LogP contribution in [0.1, 0.15) is 56.4 Å². The number of amides is 1. The van der Waals surface area contributed by atoms with Crippen LogP contribution >= 0.6 is 0 Å². The molecule has 2 aromatic carbocycles. The summed E-state index contributed by atoms with van der Waals surface area (Å²) >= 11 is 0. The molecule has 3 aromatic rings. The smallest absolute Gasteiger partial charge is 0.325 e. The van der Waals surface area contributed by atoms with E-state index in [1.807, 2.05) is 6.07 Å². The number of halogens is 1. The molecule has 0 radical (unpaired) electrons. The van der Waals surface area contributed by atoms with Gasteiger partial charge < -0.3 is 19.9 Å². The molecule has 1 amide bonds. The molecule has 2 atom stereocenters. The second-order valence-corrected chi connectivity index (χ2v) is 9.97. The average Bonchev–Trinajstić information content (AvgIpc) is 3.14. The van der Waals surface area contributed by atoms with Gasteiger partial charge in [0.1, 0.15) is 12.4 Å². The zero-order valence-electron chi connectivity index (χ0n) is 20.0. The molecule has 1 aliphatic rings. The Morgan fingerprint density at radius 1 is 1.18 bits per heavy atom. The highest BCUT2D eigenvalue weighted by Gasteiger charge is 2.34. The SMILES string of the molecule is COC(=O)CNC(=O)c1ccc2c(c1)nc(Nc1ccc(F)cc1)n2C1C[C@H](C)CC(C)(C)C1. The number of rotatable bonds is 6. The van der Waals surface area contributed by atoms with E-state index >= 15 is 0 Å². The molecule has 0 saturated heterocycles. The number of methoxy groups -OCH3 is 1. The first kappa shape index (κ1) is 23.7. The number of anilines is 2. The third-order valence-electron chi connectivity index (χ3n) is 6.40. The van der Waals surface area contributed by atoms with Gasteiger partial charge in [0.15, 0.2) is 0 Å². The quantitative estimate of drug-likeness (QED) is 0.487. The normalized spacial score (nSPS) is 19.6. The highest BCUT2D eigenvalue weighted by Crippen LogP contribution is 2.46. The number of nitrogens with zero attached hydrogens (tertiary/aromatic N) is 2.